The second-order valence-electron chi connectivity index (χ2n) is 19.4. The van der Waals surface area contributed by atoms with E-state index in [-0.39, 0.29) is 49.7 Å². The molecule has 2 amide bonds. The van der Waals surface area contributed by atoms with E-state index in [4.69, 9.17) is 28.4 Å². The number of likely N-dealkylation sites (N-methyl/N-ethyl adjacent to an activating group) is 1. The molecule has 0 radical (unpaired) electrons. The molecule has 1 aromatic heterocycles. The predicted octanol–water partition coefficient (Wildman–Crippen LogP) is 5.87. The molecular weight excluding hydrogens is 851 g/mol. The van der Waals surface area contributed by atoms with Crippen LogP contribution in [0.1, 0.15) is 99.5 Å². The molecule has 6 rings (SSSR count). The van der Waals surface area contributed by atoms with Crippen LogP contribution in [0.3, 0.4) is 0 Å². The van der Waals surface area contributed by atoms with Crippen molar-refractivity contribution in [3.63, 3.8) is 0 Å². The lowest BCUT2D eigenvalue weighted by atomic mass is 9.73. The molecule has 66 heavy (non-hydrogen) atoms. The molecule has 1 saturated carbocycles. The van der Waals surface area contributed by atoms with Gasteiger partial charge in [-0.1, -0.05) is 64.1 Å². The number of hydrogen-bond donors (Lipinski definition) is 3. The molecule has 1 aliphatic carbocycles. The first-order chi connectivity index (χ1) is 31.2. The number of ether oxygens (including phenoxy) is 6. The molecule has 0 spiro atoms. The van der Waals surface area contributed by atoms with Crippen LogP contribution in [0.4, 0.5) is 9.59 Å². The van der Waals surface area contributed by atoms with Crippen LogP contribution < -0.4 is 10.6 Å². The van der Waals surface area contributed by atoms with E-state index in [1.807, 2.05) is 56.3 Å². The number of hydrogen-bond acceptors (Lipinski definition) is 15. The van der Waals surface area contributed by atoms with Crippen LogP contribution in [0.25, 0.3) is 17.5 Å². The molecule has 1 aromatic carbocycles. The van der Waals surface area contributed by atoms with Crippen molar-refractivity contribution < 1.29 is 57.5 Å². The summed E-state index contributed by atoms with van der Waals surface area (Å²) in [7, 11) is 3.69. The minimum absolute atomic E-state index is 0.0559. The summed E-state index contributed by atoms with van der Waals surface area (Å²) in [6.45, 7) is 13.7. The smallest absolute Gasteiger partial charge is 0.408 e. The lowest BCUT2D eigenvalue weighted by molar-refractivity contribution is -0.298. The Hall–Kier alpha value is -4.97. The van der Waals surface area contributed by atoms with Gasteiger partial charge in [-0.3, -0.25) is 14.4 Å². The van der Waals surface area contributed by atoms with Crippen LogP contribution in [0.2, 0.25) is 0 Å². The maximum Gasteiger partial charge on any atom is 0.408 e. The molecule has 17 heteroatoms. The molecule has 3 N–H and O–H groups in total. The molecule has 362 valence electrons. The number of nitrogens with one attached hydrogen (secondary N) is 2. The summed E-state index contributed by atoms with van der Waals surface area (Å²) >= 11 is 0. The zero-order valence-corrected chi connectivity index (χ0v) is 39.9. The summed E-state index contributed by atoms with van der Waals surface area (Å²) < 4.78 is 37.9. The lowest BCUT2D eigenvalue weighted by Gasteiger charge is -2.48. The van der Waals surface area contributed by atoms with Crippen LogP contribution in [-0.2, 0) is 42.8 Å². The number of amides is 2. The highest BCUT2D eigenvalue weighted by molar-refractivity contribution is 5.85. The molecule has 0 bridgehead atoms. The van der Waals surface area contributed by atoms with Gasteiger partial charge in [-0.2, -0.15) is 0 Å². The van der Waals surface area contributed by atoms with Crippen LogP contribution >= 0.6 is 0 Å². The fourth-order valence-corrected chi connectivity index (χ4v) is 9.97. The Morgan fingerprint density at radius 3 is 2.33 bits per heavy atom. The summed E-state index contributed by atoms with van der Waals surface area (Å²) in [5.74, 6) is -4.59. The Morgan fingerprint density at radius 2 is 1.70 bits per heavy atom. The Kier molecular flexibility index (Phi) is 16.3. The lowest BCUT2D eigenvalue weighted by Crippen LogP contribution is -2.61. The number of ketones is 1. The first-order valence-corrected chi connectivity index (χ1v) is 23.3. The number of Topliss-reactive ketones (excluding diaryl/α,β-unsaturated/α-hetero) is 1. The van der Waals surface area contributed by atoms with Crippen molar-refractivity contribution in [2.24, 2.45) is 29.6 Å². The Balaban J connectivity index is 1.38. The van der Waals surface area contributed by atoms with Gasteiger partial charge in [-0.05, 0) is 91.4 Å². The van der Waals surface area contributed by atoms with Gasteiger partial charge in [0.1, 0.15) is 35.8 Å². The second-order valence-corrected chi connectivity index (χ2v) is 19.4. The number of aromatic nitrogens is 2. The molecular formula is C49H69N5O12. The molecule has 17 nitrogen and oxygen atoms in total. The van der Waals surface area contributed by atoms with Crippen LogP contribution in [0.15, 0.2) is 48.8 Å². The zero-order valence-electron chi connectivity index (χ0n) is 39.9. The van der Waals surface area contributed by atoms with E-state index in [1.165, 1.54) is 0 Å². The van der Waals surface area contributed by atoms with Crippen LogP contribution in [-0.4, -0.2) is 131 Å². The van der Waals surface area contributed by atoms with E-state index < -0.39 is 95.7 Å². The maximum absolute atomic E-state index is 14.7. The quantitative estimate of drug-likeness (QED) is 0.168. The zero-order chi connectivity index (χ0) is 48.1. The SMILES string of the molecule is CC[C@H]1OC(=O)[C@H](C)[C@@H](OC(=O)CC2CC2)[C@H](C)[C@@H](O[C@@H]2O[C@H](C)C[C@H](N(C)C)[C@H]2O)[C@](C)(OC(=O)NC/C=C/c2ccc(-c3ncccn3)cc2)C[C@@H](C)C(=O)[C@H](C)[C@H]2NC(=O)O[C@@]21C. The number of carbonyl (C=O) groups excluding carboxylic acids is 5. The first-order valence-electron chi connectivity index (χ1n) is 23.3. The molecule has 2 aromatic rings. The number of aliphatic hydroxyl groups excluding tert-OH is 1. The van der Waals surface area contributed by atoms with Gasteiger partial charge in [-0.15, -0.1) is 0 Å². The second kappa shape index (κ2) is 21.3. The number of alkyl carbamates (subject to hydrolysis) is 2. The average Bonchev–Trinajstić information content (AvgIpc) is 4.04. The van der Waals surface area contributed by atoms with E-state index in [0.29, 0.717) is 12.2 Å². The van der Waals surface area contributed by atoms with E-state index in [2.05, 4.69) is 20.6 Å². The van der Waals surface area contributed by atoms with Crippen molar-refractivity contribution in [3.05, 3.63) is 54.4 Å². The average molecular weight is 920 g/mol. The van der Waals surface area contributed by atoms with Gasteiger partial charge in [0.2, 0.25) is 0 Å². The summed E-state index contributed by atoms with van der Waals surface area (Å²) in [4.78, 5) is 80.4. The van der Waals surface area contributed by atoms with Crippen molar-refractivity contribution in [2.45, 2.75) is 154 Å². The van der Waals surface area contributed by atoms with Crippen LogP contribution in [0, 0.1) is 29.6 Å². The third-order valence-electron chi connectivity index (χ3n) is 13.8. The summed E-state index contributed by atoms with van der Waals surface area (Å²) in [6, 6.07) is 8.07. The normalized spacial score (nSPS) is 35.5. The Labute approximate surface area is 388 Å². The van der Waals surface area contributed by atoms with Crippen LogP contribution in [0.5, 0.6) is 0 Å². The molecule has 3 saturated heterocycles. The minimum atomic E-state index is -1.73. The minimum Gasteiger partial charge on any atom is -0.461 e. The molecule has 4 fully saturated rings. The third kappa shape index (κ3) is 11.8. The number of fused-ring (bicyclic) bond motifs is 1. The predicted molar refractivity (Wildman–Crippen MR) is 242 cm³/mol. The number of benzene rings is 1. The number of aliphatic hydroxyl groups is 1. The van der Waals surface area contributed by atoms with Crippen molar-refractivity contribution in [1.29, 1.82) is 0 Å². The summed E-state index contributed by atoms with van der Waals surface area (Å²) in [6.07, 6.45) is 1.53. The van der Waals surface area contributed by atoms with Crippen molar-refractivity contribution in [1.82, 2.24) is 25.5 Å². The van der Waals surface area contributed by atoms with Gasteiger partial charge >= 0.3 is 24.1 Å². The number of carbonyl (C=O) groups is 5. The van der Waals surface area contributed by atoms with Gasteiger partial charge in [-0.25, -0.2) is 19.6 Å². The highest BCUT2D eigenvalue weighted by Gasteiger charge is 2.58. The van der Waals surface area contributed by atoms with E-state index in [0.717, 1.165) is 24.0 Å². The monoisotopic (exact) mass is 919 g/mol. The molecule has 14 atom stereocenters. The van der Waals surface area contributed by atoms with Crippen molar-refractivity contribution in [2.75, 3.05) is 20.6 Å². The van der Waals surface area contributed by atoms with E-state index >= 15 is 0 Å². The Morgan fingerprint density at radius 1 is 1.02 bits per heavy atom. The molecule has 0 unspecified atom stereocenters. The van der Waals surface area contributed by atoms with Crippen molar-refractivity contribution >= 4 is 36.0 Å². The number of nitrogens with zero attached hydrogens (tertiary/aromatic N) is 3. The highest BCUT2D eigenvalue weighted by Crippen LogP contribution is 2.42. The van der Waals surface area contributed by atoms with Gasteiger partial charge in [0.15, 0.2) is 17.7 Å². The number of rotatable bonds is 12. The Bertz CT molecular complexity index is 2050. The summed E-state index contributed by atoms with van der Waals surface area (Å²) in [5.41, 5.74) is -1.46. The maximum atomic E-state index is 14.7. The fourth-order valence-electron chi connectivity index (χ4n) is 9.97. The molecule has 4 heterocycles. The van der Waals surface area contributed by atoms with Gasteiger partial charge in [0.25, 0.3) is 0 Å². The number of esters is 2. The highest BCUT2D eigenvalue weighted by atomic mass is 16.7. The standard InChI is InChI=1S/C49H69N5O12/c1-11-36-49(8)41(53-47(60)66-49)29(4)38(56)27(2)26-48(7,65-46(59)52-21-12-14-32-17-19-34(20-18-32)43-50-22-13-23-51-43)42(64-45-39(57)35(54(9)10)24-28(3)61-45)30(5)40(31(6)44(58)62-36)63-37(55)25-33-15-16-33/h12-14,17-20,22-23,27-31,33,35-36,39-42,45,57H,11,15-16,21,24-26H2,1-10H3,(H,52,59)(H,53,60)/b14-12+/t27-,28-,29+,30+,31-,35+,36-,39-,40+,41-,42-,45+,48-,49-/m1/s1. The van der Waals surface area contributed by atoms with Gasteiger partial charge in [0, 0.05) is 54.7 Å². The first kappa shape index (κ1) is 50.4. The summed E-state index contributed by atoms with van der Waals surface area (Å²) in [5, 5.41) is 17.4. The topological polar surface area (TPSA) is 214 Å². The molecule has 4 aliphatic rings. The van der Waals surface area contributed by atoms with Gasteiger partial charge in [0.05, 0.1) is 18.1 Å². The fraction of sp³-hybridized carbons (Fsp3) is 0.653. The van der Waals surface area contributed by atoms with Gasteiger partial charge < -0.3 is 49.1 Å². The molecule has 3 aliphatic heterocycles. The van der Waals surface area contributed by atoms with E-state index in [9.17, 15) is 29.1 Å². The number of cyclic esters (lactones) is 1. The van der Waals surface area contributed by atoms with Crippen molar-refractivity contribution in [3.8, 4) is 11.4 Å². The van der Waals surface area contributed by atoms with E-state index in [1.54, 1.807) is 73.0 Å². The largest absolute Gasteiger partial charge is 0.461 e. The third-order valence-corrected chi connectivity index (χ3v) is 13.8.